The molecule has 0 bridgehead atoms. The molecule has 0 amide bonds. The molecule has 1 aromatic carbocycles. The van der Waals surface area contributed by atoms with Gasteiger partial charge in [0.25, 0.3) is 0 Å². The van der Waals surface area contributed by atoms with Crippen LogP contribution < -0.4 is 15.4 Å². The largest absolute Gasteiger partial charge is 0.497 e. The van der Waals surface area contributed by atoms with Gasteiger partial charge in [-0.15, -0.1) is 0 Å². The van der Waals surface area contributed by atoms with Crippen molar-refractivity contribution >= 4 is 21.7 Å². The first-order valence-corrected chi connectivity index (χ1v) is 8.91. The van der Waals surface area contributed by atoms with Crippen LogP contribution in [0.5, 0.6) is 5.75 Å². The fourth-order valence-electron chi connectivity index (χ4n) is 2.58. The van der Waals surface area contributed by atoms with Crippen LogP contribution >= 0.6 is 0 Å². The van der Waals surface area contributed by atoms with Crippen LogP contribution in [0, 0.1) is 0 Å². The molecule has 2 heterocycles. The van der Waals surface area contributed by atoms with Gasteiger partial charge in [-0.25, -0.2) is 13.4 Å². The summed E-state index contributed by atoms with van der Waals surface area (Å²) < 4.78 is 31.9. The predicted octanol–water partition coefficient (Wildman–Crippen LogP) is 0.578. The first kappa shape index (κ1) is 16.5. The van der Waals surface area contributed by atoms with E-state index in [0.29, 0.717) is 43.6 Å². The molecule has 1 saturated heterocycles. The smallest absolute Gasteiger partial charge is 0.243 e. The van der Waals surface area contributed by atoms with E-state index in [1.54, 1.807) is 37.6 Å². The molecule has 8 nitrogen and oxygen atoms in total. The molecule has 1 aromatic heterocycles. The quantitative estimate of drug-likeness (QED) is 0.861. The summed E-state index contributed by atoms with van der Waals surface area (Å²) in [6.45, 7) is 1.83. The van der Waals surface area contributed by atoms with E-state index in [0.717, 1.165) is 0 Å². The van der Waals surface area contributed by atoms with Crippen LogP contribution in [0.1, 0.15) is 0 Å². The van der Waals surface area contributed by atoms with E-state index >= 15 is 0 Å². The summed E-state index contributed by atoms with van der Waals surface area (Å²) in [4.78, 5) is 10.5. The number of ether oxygens (including phenoxy) is 1. The normalized spacial score (nSPS) is 16.1. The number of methoxy groups -OCH3 is 1. The lowest BCUT2D eigenvalue weighted by Gasteiger charge is -2.34. The van der Waals surface area contributed by atoms with Gasteiger partial charge < -0.3 is 15.4 Å². The zero-order valence-electron chi connectivity index (χ0n) is 13.3. The molecule has 1 aliphatic heterocycles. The van der Waals surface area contributed by atoms with Gasteiger partial charge in [-0.2, -0.15) is 4.31 Å². The number of nitrogens with zero attached hydrogens (tertiary/aromatic N) is 4. The summed E-state index contributed by atoms with van der Waals surface area (Å²) in [5.74, 6) is 1.64. The Kier molecular flexibility index (Phi) is 4.54. The molecule has 0 unspecified atom stereocenters. The molecule has 0 radical (unpaired) electrons. The average Bonchev–Trinajstić information content (AvgIpc) is 2.62. The topological polar surface area (TPSA) is 102 Å². The molecule has 1 aliphatic rings. The third-order valence-corrected chi connectivity index (χ3v) is 5.81. The lowest BCUT2D eigenvalue weighted by Crippen LogP contribution is -2.49. The monoisotopic (exact) mass is 349 g/mol. The Balaban J connectivity index is 1.71. The van der Waals surface area contributed by atoms with Gasteiger partial charge in [0, 0.05) is 26.2 Å². The van der Waals surface area contributed by atoms with Crippen LogP contribution in [0.15, 0.2) is 41.6 Å². The van der Waals surface area contributed by atoms with Crippen LogP contribution in [-0.2, 0) is 10.0 Å². The summed E-state index contributed by atoms with van der Waals surface area (Å²) in [7, 11) is -1.97. The molecule has 0 spiro atoms. The Hall–Kier alpha value is -2.39. The molecular weight excluding hydrogens is 330 g/mol. The summed E-state index contributed by atoms with van der Waals surface area (Å²) >= 11 is 0. The van der Waals surface area contributed by atoms with E-state index in [1.807, 2.05) is 4.90 Å². The SMILES string of the molecule is COc1ccc(S(=O)(=O)N2CCN(c3cncc(N)n3)CC2)cc1. The van der Waals surface area contributed by atoms with Gasteiger partial charge in [-0.05, 0) is 24.3 Å². The highest BCUT2D eigenvalue weighted by Gasteiger charge is 2.29. The molecule has 0 atom stereocenters. The Labute approximate surface area is 140 Å². The second kappa shape index (κ2) is 6.62. The zero-order chi connectivity index (χ0) is 17.2. The zero-order valence-corrected chi connectivity index (χ0v) is 14.1. The Morgan fingerprint density at radius 2 is 1.75 bits per heavy atom. The second-order valence-electron chi connectivity index (χ2n) is 5.37. The van der Waals surface area contributed by atoms with Gasteiger partial charge in [-0.1, -0.05) is 0 Å². The minimum atomic E-state index is -3.51. The number of hydrogen-bond donors (Lipinski definition) is 1. The van der Waals surface area contributed by atoms with E-state index < -0.39 is 10.0 Å². The molecule has 9 heteroatoms. The standard InChI is InChI=1S/C15H19N5O3S/c1-23-12-2-4-13(5-3-12)24(21,22)20-8-6-19(7-9-20)15-11-17-10-14(16)18-15/h2-5,10-11H,6-9H2,1H3,(H2,16,18). The van der Waals surface area contributed by atoms with Crippen molar-refractivity contribution in [1.82, 2.24) is 14.3 Å². The average molecular weight is 349 g/mol. The first-order valence-electron chi connectivity index (χ1n) is 7.47. The number of sulfonamides is 1. The van der Waals surface area contributed by atoms with Gasteiger partial charge >= 0.3 is 0 Å². The maximum absolute atomic E-state index is 12.7. The van der Waals surface area contributed by atoms with Crippen LogP contribution in [-0.4, -0.2) is 56.0 Å². The van der Waals surface area contributed by atoms with Gasteiger partial charge in [-0.3, -0.25) is 4.98 Å². The molecule has 1 fully saturated rings. The van der Waals surface area contributed by atoms with Crippen molar-refractivity contribution in [3.63, 3.8) is 0 Å². The van der Waals surface area contributed by atoms with Crippen molar-refractivity contribution in [3.8, 4) is 5.75 Å². The van der Waals surface area contributed by atoms with Gasteiger partial charge in [0.1, 0.15) is 17.4 Å². The molecule has 0 saturated carbocycles. The van der Waals surface area contributed by atoms with Crippen LogP contribution in [0.2, 0.25) is 0 Å². The minimum absolute atomic E-state index is 0.264. The summed E-state index contributed by atoms with van der Waals surface area (Å²) in [5.41, 5.74) is 5.64. The molecule has 0 aliphatic carbocycles. The number of nitrogens with two attached hydrogens (primary N) is 1. The van der Waals surface area contributed by atoms with Crippen molar-refractivity contribution < 1.29 is 13.2 Å². The van der Waals surface area contributed by atoms with Crippen molar-refractivity contribution in [3.05, 3.63) is 36.7 Å². The van der Waals surface area contributed by atoms with Crippen molar-refractivity contribution in [1.29, 1.82) is 0 Å². The summed E-state index contributed by atoms with van der Waals surface area (Å²) in [5, 5.41) is 0. The number of benzene rings is 1. The molecule has 128 valence electrons. The number of anilines is 2. The lowest BCUT2D eigenvalue weighted by atomic mass is 10.3. The van der Waals surface area contributed by atoms with Crippen molar-refractivity contribution in [2.75, 3.05) is 43.9 Å². The molecular formula is C15H19N5O3S. The minimum Gasteiger partial charge on any atom is -0.497 e. The lowest BCUT2D eigenvalue weighted by molar-refractivity contribution is 0.383. The molecule has 2 aromatic rings. The maximum Gasteiger partial charge on any atom is 0.243 e. The highest BCUT2D eigenvalue weighted by atomic mass is 32.2. The van der Waals surface area contributed by atoms with Crippen molar-refractivity contribution in [2.45, 2.75) is 4.90 Å². The van der Waals surface area contributed by atoms with E-state index in [4.69, 9.17) is 10.5 Å². The molecule has 24 heavy (non-hydrogen) atoms. The number of aromatic nitrogens is 2. The fraction of sp³-hybridized carbons (Fsp3) is 0.333. The third kappa shape index (κ3) is 3.26. The van der Waals surface area contributed by atoms with E-state index in [1.165, 1.54) is 10.5 Å². The number of rotatable bonds is 4. The summed E-state index contributed by atoms with van der Waals surface area (Å²) in [6, 6.07) is 6.41. The van der Waals surface area contributed by atoms with Crippen LogP contribution in [0.25, 0.3) is 0 Å². The van der Waals surface area contributed by atoms with Crippen LogP contribution in [0.4, 0.5) is 11.6 Å². The van der Waals surface area contributed by atoms with E-state index in [2.05, 4.69) is 9.97 Å². The van der Waals surface area contributed by atoms with E-state index in [-0.39, 0.29) is 4.90 Å². The third-order valence-electron chi connectivity index (χ3n) is 3.90. The number of hydrogen-bond acceptors (Lipinski definition) is 7. The van der Waals surface area contributed by atoms with E-state index in [9.17, 15) is 8.42 Å². The summed E-state index contributed by atoms with van der Waals surface area (Å²) in [6.07, 6.45) is 3.11. The predicted molar refractivity (Wildman–Crippen MR) is 90.4 cm³/mol. The Morgan fingerprint density at radius 3 is 2.33 bits per heavy atom. The Morgan fingerprint density at radius 1 is 1.08 bits per heavy atom. The number of nitrogen functional groups attached to an aromatic ring is 1. The molecule has 3 rings (SSSR count). The fourth-order valence-corrected chi connectivity index (χ4v) is 4.00. The first-order chi connectivity index (χ1) is 11.5. The van der Waals surface area contributed by atoms with Gasteiger partial charge in [0.2, 0.25) is 10.0 Å². The van der Waals surface area contributed by atoms with Crippen molar-refractivity contribution in [2.24, 2.45) is 0 Å². The Bertz CT molecular complexity index is 802. The van der Waals surface area contributed by atoms with Crippen LogP contribution in [0.3, 0.4) is 0 Å². The van der Waals surface area contributed by atoms with Gasteiger partial charge in [0.05, 0.1) is 24.4 Å². The second-order valence-corrected chi connectivity index (χ2v) is 7.31. The molecule has 2 N–H and O–H groups in total. The highest BCUT2D eigenvalue weighted by molar-refractivity contribution is 7.89. The number of piperazine rings is 1. The van der Waals surface area contributed by atoms with Gasteiger partial charge in [0.15, 0.2) is 0 Å². The highest BCUT2D eigenvalue weighted by Crippen LogP contribution is 2.22. The maximum atomic E-state index is 12.7.